The zero-order chi connectivity index (χ0) is 26.2. The quantitative estimate of drug-likeness (QED) is 0.449. The summed E-state index contributed by atoms with van der Waals surface area (Å²) in [6.07, 6.45) is 10.2. The van der Waals surface area contributed by atoms with Gasteiger partial charge >= 0.3 is 0 Å². The second kappa shape index (κ2) is 10.7. The molecule has 1 saturated heterocycles. The second-order valence-electron chi connectivity index (χ2n) is 13.0. The lowest BCUT2D eigenvalue weighted by Crippen LogP contribution is -2.38. The van der Waals surface area contributed by atoms with E-state index < -0.39 is 0 Å². The van der Waals surface area contributed by atoms with Gasteiger partial charge in [-0.3, -0.25) is 4.79 Å². The first-order chi connectivity index (χ1) is 17.6. The van der Waals surface area contributed by atoms with E-state index in [0.717, 1.165) is 48.6 Å². The van der Waals surface area contributed by atoms with Crippen LogP contribution in [0.1, 0.15) is 113 Å². The first-order valence-electron chi connectivity index (χ1n) is 14.3. The minimum atomic E-state index is -0.0506. The van der Waals surface area contributed by atoms with Gasteiger partial charge in [0.1, 0.15) is 5.75 Å². The number of nitrogens with zero attached hydrogens (tertiary/aromatic N) is 1. The van der Waals surface area contributed by atoms with Gasteiger partial charge in [0.05, 0.1) is 17.2 Å². The molecule has 3 aliphatic rings. The lowest BCUT2D eigenvalue weighted by molar-refractivity contribution is 0.0696. The smallest absolute Gasteiger partial charge is 0.280 e. The fourth-order valence-corrected chi connectivity index (χ4v) is 7.07. The van der Waals surface area contributed by atoms with Crippen LogP contribution >= 0.6 is 11.3 Å². The first-order valence-corrected chi connectivity index (χ1v) is 15.1. The van der Waals surface area contributed by atoms with Crippen LogP contribution in [0.3, 0.4) is 0 Å². The van der Waals surface area contributed by atoms with Gasteiger partial charge in [-0.25, -0.2) is 4.98 Å². The van der Waals surface area contributed by atoms with Crippen molar-refractivity contribution in [2.24, 2.45) is 5.92 Å². The molecule has 0 bridgehead atoms. The van der Waals surface area contributed by atoms with Gasteiger partial charge in [-0.15, -0.1) is 11.3 Å². The molecule has 0 spiro atoms. The van der Waals surface area contributed by atoms with Crippen LogP contribution in [0.4, 0.5) is 0 Å². The molecule has 0 atom stereocenters. The van der Waals surface area contributed by atoms with Gasteiger partial charge < -0.3 is 14.8 Å². The summed E-state index contributed by atoms with van der Waals surface area (Å²) < 4.78 is 11.8. The Bertz CT molecular complexity index is 1100. The molecular formula is C31H44N2O3S. The second-order valence-corrected chi connectivity index (χ2v) is 14.0. The molecule has 5 nitrogen and oxygen atoms in total. The van der Waals surface area contributed by atoms with E-state index in [-0.39, 0.29) is 22.8 Å². The zero-order valence-corrected chi connectivity index (χ0v) is 24.2. The van der Waals surface area contributed by atoms with Gasteiger partial charge in [0.25, 0.3) is 5.91 Å². The molecule has 5 rings (SSSR count). The van der Waals surface area contributed by atoms with E-state index in [2.05, 4.69) is 52.1 Å². The molecule has 1 saturated carbocycles. The van der Waals surface area contributed by atoms with Crippen LogP contribution in [-0.2, 0) is 22.0 Å². The Labute approximate surface area is 226 Å². The predicted molar refractivity (Wildman–Crippen MR) is 151 cm³/mol. The number of carbonyl (C=O) groups excluding carboxylic acids is 1. The lowest BCUT2D eigenvalue weighted by Gasteiger charge is -2.36. The van der Waals surface area contributed by atoms with E-state index >= 15 is 0 Å². The third-order valence-electron chi connectivity index (χ3n) is 8.52. The Balaban J connectivity index is 1.56. The van der Waals surface area contributed by atoms with Crippen LogP contribution in [0.15, 0.2) is 12.1 Å². The van der Waals surface area contributed by atoms with Crippen LogP contribution in [0, 0.1) is 5.92 Å². The molecule has 0 radical (unpaired) electrons. The summed E-state index contributed by atoms with van der Waals surface area (Å²) in [6.45, 7) is 13.6. The highest BCUT2D eigenvalue weighted by Gasteiger charge is 2.35. The highest BCUT2D eigenvalue weighted by molar-refractivity contribution is 7.17. The average Bonchev–Trinajstić information content (AvgIpc) is 3.28. The lowest BCUT2D eigenvalue weighted by atomic mass is 9.74. The predicted octanol–water partition coefficient (Wildman–Crippen LogP) is 7.20. The highest BCUT2D eigenvalue weighted by Crippen LogP contribution is 2.47. The Kier molecular flexibility index (Phi) is 7.70. The molecule has 0 unspecified atom stereocenters. The summed E-state index contributed by atoms with van der Waals surface area (Å²) in [6, 6.07) is 4.82. The van der Waals surface area contributed by atoms with Crippen LogP contribution in [-0.4, -0.2) is 36.8 Å². The molecular weight excluding hydrogens is 480 g/mol. The van der Waals surface area contributed by atoms with Crippen LogP contribution in [0.5, 0.6) is 5.75 Å². The largest absolute Gasteiger partial charge is 0.493 e. The molecule has 202 valence electrons. The van der Waals surface area contributed by atoms with Gasteiger partial charge in [-0.05, 0) is 60.1 Å². The van der Waals surface area contributed by atoms with Crippen molar-refractivity contribution in [3.63, 3.8) is 0 Å². The summed E-state index contributed by atoms with van der Waals surface area (Å²) >= 11 is 1.57. The van der Waals surface area contributed by atoms with Crippen LogP contribution in [0.2, 0.25) is 0 Å². The number of benzene rings is 1. The number of carbonyl (C=O) groups is 1. The summed E-state index contributed by atoms with van der Waals surface area (Å²) in [5.74, 6) is 1.68. The number of fused-ring (bicyclic) bond motifs is 1. The van der Waals surface area contributed by atoms with Crippen LogP contribution < -0.4 is 10.1 Å². The van der Waals surface area contributed by atoms with Gasteiger partial charge in [-0.1, -0.05) is 66.7 Å². The molecule has 1 amide bonds. The Morgan fingerprint density at radius 2 is 1.81 bits per heavy atom. The molecule has 2 aliphatic heterocycles. The minimum Gasteiger partial charge on any atom is -0.493 e. The van der Waals surface area contributed by atoms with Gasteiger partial charge in [0, 0.05) is 30.4 Å². The molecule has 1 aromatic carbocycles. The van der Waals surface area contributed by atoms with E-state index in [0.29, 0.717) is 24.1 Å². The van der Waals surface area contributed by atoms with E-state index in [1.54, 1.807) is 11.3 Å². The number of nitrogens with one attached hydrogen (secondary N) is 1. The zero-order valence-electron chi connectivity index (χ0n) is 23.4. The first kappa shape index (κ1) is 26.7. The average molecular weight is 525 g/mol. The van der Waals surface area contributed by atoms with Gasteiger partial charge in [-0.2, -0.15) is 0 Å². The monoisotopic (exact) mass is 524 g/mol. The van der Waals surface area contributed by atoms with E-state index in [4.69, 9.17) is 14.5 Å². The molecule has 1 aliphatic carbocycles. The SMILES string of the molecule is CC(C)(C)c1cc(-c2sc(C(=O)NC3CCOCC3)nc2CC2CCCCC2)cc2c1OCCC2(C)C. The Hall–Kier alpha value is -1.92. The maximum Gasteiger partial charge on any atom is 0.280 e. The van der Waals surface area contributed by atoms with E-state index in [9.17, 15) is 4.79 Å². The number of amides is 1. The van der Waals surface area contributed by atoms with Gasteiger partial charge in [0.2, 0.25) is 0 Å². The number of hydrogen-bond donors (Lipinski definition) is 1. The standard InChI is InChI=1S/C31H44N2O3S/c1-30(2,3)23-18-21(19-24-26(23)36-16-13-31(24,4)5)27-25(17-20-9-7-6-8-10-20)33-29(37-27)28(34)32-22-11-14-35-15-12-22/h18-20,22H,6-17H2,1-5H3,(H,32,34). The Morgan fingerprint density at radius 3 is 2.51 bits per heavy atom. The third kappa shape index (κ3) is 5.90. The minimum absolute atomic E-state index is 0.0364. The normalized spacial score (nSPS) is 20.8. The van der Waals surface area contributed by atoms with Crippen molar-refractivity contribution in [3.05, 3.63) is 34.0 Å². The van der Waals surface area contributed by atoms with Crippen molar-refractivity contribution >= 4 is 17.2 Å². The van der Waals surface area contributed by atoms with Gasteiger partial charge in [0.15, 0.2) is 5.01 Å². The molecule has 3 heterocycles. The van der Waals surface area contributed by atoms with E-state index in [1.165, 1.54) is 48.8 Å². The maximum absolute atomic E-state index is 13.3. The summed E-state index contributed by atoms with van der Waals surface area (Å²) in [5, 5.41) is 3.83. The summed E-state index contributed by atoms with van der Waals surface area (Å²) in [7, 11) is 0. The third-order valence-corrected chi connectivity index (χ3v) is 9.66. The number of ether oxygens (including phenoxy) is 2. The Morgan fingerprint density at radius 1 is 1.08 bits per heavy atom. The molecule has 37 heavy (non-hydrogen) atoms. The molecule has 2 aromatic rings. The summed E-state index contributed by atoms with van der Waals surface area (Å²) in [4.78, 5) is 19.5. The number of aromatic nitrogens is 1. The van der Waals surface area contributed by atoms with Crippen molar-refractivity contribution in [2.45, 2.75) is 109 Å². The summed E-state index contributed by atoms with van der Waals surface area (Å²) in [5.41, 5.74) is 4.81. The van der Waals surface area contributed by atoms with Crippen molar-refractivity contribution in [1.82, 2.24) is 10.3 Å². The van der Waals surface area contributed by atoms with Crippen molar-refractivity contribution in [1.29, 1.82) is 0 Å². The molecule has 6 heteroatoms. The van der Waals surface area contributed by atoms with Crippen LogP contribution in [0.25, 0.3) is 10.4 Å². The number of thiazole rings is 1. The topological polar surface area (TPSA) is 60.5 Å². The van der Waals surface area contributed by atoms with Crippen molar-refractivity contribution in [3.8, 4) is 16.2 Å². The highest BCUT2D eigenvalue weighted by atomic mass is 32.1. The molecule has 1 N–H and O–H groups in total. The fourth-order valence-electron chi connectivity index (χ4n) is 6.08. The number of hydrogen-bond acceptors (Lipinski definition) is 5. The fraction of sp³-hybridized carbons (Fsp3) is 0.677. The van der Waals surface area contributed by atoms with Crippen molar-refractivity contribution < 1.29 is 14.3 Å². The maximum atomic E-state index is 13.3. The molecule has 2 fully saturated rings. The van der Waals surface area contributed by atoms with E-state index in [1.807, 2.05) is 0 Å². The number of rotatable bonds is 5. The molecule has 1 aromatic heterocycles. The van der Waals surface area contributed by atoms with Crippen molar-refractivity contribution in [2.75, 3.05) is 19.8 Å².